The number of rotatable bonds is 3. The summed E-state index contributed by atoms with van der Waals surface area (Å²) in [4.78, 5) is 29.2. The Morgan fingerprint density at radius 3 is 2.12 bits per heavy atom. The maximum atomic E-state index is 12.6. The Kier molecular flexibility index (Phi) is 15.3. The molecule has 1 radical (unpaired) electrons. The largest absolute Gasteiger partial charge is 0.358 e. The van der Waals surface area contributed by atoms with Crippen LogP contribution in [-0.2, 0) is 63.5 Å². The van der Waals surface area contributed by atoms with Crippen LogP contribution in [0.15, 0.2) is 39.9 Å². The number of aryl methyl sites for hydroxylation is 2. The second-order valence-electron chi connectivity index (χ2n) is 6.12. The second kappa shape index (κ2) is 15.1. The van der Waals surface area contributed by atoms with Crippen molar-refractivity contribution in [2.24, 2.45) is 14.1 Å². The predicted molar refractivity (Wildman–Crippen MR) is 133 cm³/mol. The number of nitrogens with zero attached hydrogens (tertiary/aromatic N) is 4. The molecule has 2 heterocycles. The molecule has 0 saturated heterocycles. The molecule has 3 rings (SSSR count). The summed E-state index contributed by atoms with van der Waals surface area (Å²) < 4.78 is 29.9. The quantitative estimate of drug-likeness (QED) is 0.209. The molecule has 3 aromatic rings. The number of halogens is 1. The summed E-state index contributed by atoms with van der Waals surface area (Å²) in [5.41, 5.74) is 0.805. The van der Waals surface area contributed by atoms with E-state index >= 15 is 0 Å². The van der Waals surface area contributed by atoms with Gasteiger partial charge in [-0.15, -0.1) is 6.42 Å². The molecule has 0 aliphatic heterocycles. The van der Waals surface area contributed by atoms with Gasteiger partial charge in [-0.1, -0.05) is 58.3 Å². The molecule has 0 unspecified atom stereocenters. The van der Waals surface area contributed by atoms with E-state index in [0.717, 1.165) is 10.1 Å². The van der Waals surface area contributed by atoms with E-state index in [1.165, 1.54) is 4.57 Å². The Morgan fingerprint density at radius 1 is 1.12 bits per heavy atom. The number of hydrogen-bond acceptors (Lipinski definition) is 5. The van der Waals surface area contributed by atoms with Crippen LogP contribution in [0.1, 0.15) is 11.4 Å². The van der Waals surface area contributed by atoms with Crippen LogP contribution in [-0.4, -0.2) is 43.7 Å². The molecule has 0 aliphatic rings. The molecule has 0 fully saturated rings. The van der Waals surface area contributed by atoms with Gasteiger partial charge in [0.25, 0.3) is 15.7 Å². The minimum Gasteiger partial charge on any atom is -0.358 e. The standard InChI is InChI=1S/C18H16N4O2.CH3Br.CH4O3S.CH3.Y/c1-4-12-22-17(23)15-16(21(3)18(22)24)19-14(20(15)2)11-10-13-8-6-5-7-9-13;1-2;1-5(2,3)4;;/h1,5-11H,12H2,2-3H3;1H3;1H3,(H,2,3,4);1H3;/q;;;-1;/b11-10+;;;;. The normalized spacial score (nSPS) is 10.1. The molecule has 177 valence electrons. The first-order chi connectivity index (χ1) is 14.5. The summed E-state index contributed by atoms with van der Waals surface area (Å²) in [6, 6.07) is 9.76. The summed E-state index contributed by atoms with van der Waals surface area (Å²) in [5.74, 6) is 4.73. The zero-order valence-corrected chi connectivity index (χ0v) is 24.3. The van der Waals surface area contributed by atoms with Gasteiger partial charge >= 0.3 is 5.69 Å². The monoisotopic (exact) mass is 614 g/mol. The fourth-order valence-electron chi connectivity index (χ4n) is 2.58. The van der Waals surface area contributed by atoms with Crippen LogP contribution in [0.5, 0.6) is 0 Å². The molecule has 9 nitrogen and oxygen atoms in total. The molecule has 0 saturated carbocycles. The van der Waals surface area contributed by atoms with Crippen LogP contribution in [0, 0.1) is 19.8 Å². The number of hydrogen-bond donors (Lipinski definition) is 1. The van der Waals surface area contributed by atoms with E-state index < -0.39 is 21.4 Å². The SMILES string of the molecule is C#CCn1c(=O)c2c(nc(/C=C/c3ccccc3)n2C)n(C)c1=O.CBr.CS(=O)(=O)O.[CH3-].[Y]. The Balaban J connectivity index is 0. The van der Waals surface area contributed by atoms with Crippen LogP contribution in [0.2, 0.25) is 0 Å². The van der Waals surface area contributed by atoms with Gasteiger partial charge in [0.1, 0.15) is 5.82 Å². The molecule has 12 heteroatoms. The summed E-state index contributed by atoms with van der Waals surface area (Å²) in [5, 5.41) is 0. The number of imidazole rings is 1. The number of aromatic nitrogens is 4. The van der Waals surface area contributed by atoms with Crippen molar-refractivity contribution in [3.05, 3.63) is 70.0 Å². The van der Waals surface area contributed by atoms with E-state index in [2.05, 4.69) is 26.8 Å². The van der Waals surface area contributed by atoms with Crippen LogP contribution < -0.4 is 11.2 Å². The van der Waals surface area contributed by atoms with Crippen LogP contribution >= 0.6 is 15.9 Å². The fraction of sp³-hybridized carbons (Fsp3) is 0.238. The Morgan fingerprint density at radius 2 is 1.64 bits per heavy atom. The van der Waals surface area contributed by atoms with E-state index in [1.54, 1.807) is 18.7 Å². The molecule has 1 aromatic carbocycles. The molecular formula is C21H26BrN4O5SY-. The first-order valence-corrected chi connectivity index (χ1v) is 12.1. The molecule has 2 aromatic heterocycles. The number of alkyl halides is 1. The second-order valence-corrected chi connectivity index (χ2v) is 7.58. The van der Waals surface area contributed by atoms with Crippen molar-refractivity contribution in [2.45, 2.75) is 6.54 Å². The predicted octanol–water partition coefficient (Wildman–Crippen LogP) is 2.20. The minimum atomic E-state index is -3.67. The van der Waals surface area contributed by atoms with Gasteiger partial charge < -0.3 is 12.0 Å². The summed E-state index contributed by atoms with van der Waals surface area (Å²) in [6.45, 7) is -0.0676. The molecule has 0 bridgehead atoms. The van der Waals surface area contributed by atoms with E-state index in [4.69, 9.17) is 11.0 Å². The first-order valence-electron chi connectivity index (χ1n) is 8.67. The molecule has 0 aliphatic carbocycles. The van der Waals surface area contributed by atoms with Crippen LogP contribution in [0.4, 0.5) is 0 Å². The van der Waals surface area contributed by atoms with E-state index in [-0.39, 0.29) is 46.7 Å². The van der Waals surface area contributed by atoms with Gasteiger partial charge in [0.2, 0.25) is 0 Å². The van der Waals surface area contributed by atoms with E-state index in [1.807, 2.05) is 48.3 Å². The van der Waals surface area contributed by atoms with Crippen LogP contribution in [0.3, 0.4) is 0 Å². The average molecular weight is 615 g/mol. The molecule has 0 atom stereocenters. The Labute approximate surface area is 227 Å². The maximum Gasteiger partial charge on any atom is 0.333 e. The molecule has 0 spiro atoms. The van der Waals surface area contributed by atoms with Gasteiger partial charge in [-0.05, 0) is 17.5 Å². The first kappa shape index (κ1) is 33.3. The third-order valence-electron chi connectivity index (χ3n) is 3.87. The van der Waals surface area contributed by atoms with Gasteiger partial charge in [0, 0.05) is 46.8 Å². The zero-order valence-electron chi connectivity index (χ0n) is 19.1. The van der Waals surface area contributed by atoms with Crippen molar-refractivity contribution in [2.75, 3.05) is 12.1 Å². The third-order valence-corrected chi connectivity index (χ3v) is 3.87. The number of fused-ring (bicyclic) bond motifs is 1. The van der Waals surface area contributed by atoms with Gasteiger partial charge in [-0.2, -0.15) is 8.42 Å². The van der Waals surface area contributed by atoms with E-state index in [9.17, 15) is 18.0 Å². The van der Waals surface area contributed by atoms with E-state index in [0.29, 0.717) is 23.2 Å². The van der Waals surface area contributed by atoms with Gasteiger partial charge in [0.15, 0.2) is 11.2 Å². The van der Waals surface area contributed by atoms with Crippen molar-refractivity contribution in [3.8, 4) is 12.3 Å². The molecular weight excluding hydrogens is 589 g/mol. The Bertz CT molecular complexity index is 1330. The van der Waals surface area contributed by atoms with Crippen molar-refractivity contribution >= 4 is 49.4 Å². The number of terminal acetylenes is 1. The minimum absolute atomic E-state index is 0. The third kappa shape index (κ3) is 9.51. The average Bonchev–Trinajstić information content (AvgIpc) is 3.06. The molecule has 0 amide bonds. The summed E-state index contributed by atoms with van der Waals surface area (Å²) in [6.07, 6.45) is 9.68. The topological polar surface area (TPSA) is 116 Å². The van der Waals surface area contributed by atoms with Crippen molar-refractivity contribution in [1.82, 2.24) is 18.7 Å². The van der Waals surface area contributed by atoms with Gasteiger partial charge in [0.05, 0.1) is 12.8 Å². The van der Waals surface area contributed by atoms with Crippen molar-refractivity contribution in [3.63, 3.8) is 0 Å². The molecule has 1 N–H and O–H groups in total. The molecule has 33 heavy (non-hydrogen) atoms. The smallest absolute Gasteiger partial charge is 0.333 e. The fourth-order valence-corrected chi connectivity index (χ4v) is 2.58. The zero-order chi connectivity index (χ0) is 23.8. The maximum absolute atomic E-state index is 12.6. The van der Waals surface area contributed by atoms with Gasteiger partial charge in [-0.25, -0.2) is 14.3 Å². The number of benzene rings is 1. The summed E-state index contributed by atoms with van der Waals surface area (Å²) >= 11 is 2.94. The van der Waals surface area contributed by atoms with Crippen molar-refractivity contribution in [1.29, 1.82) is 0 Å². The van der Waals surface area contributed by atoms with Gasteiger partial charge in [-0.3, -0.25) is 13.9 Å². The van der Waals surface area contributed by atoms with Crippen molar-refractivity contribution < 1.29 is 45.7 Å². The Hall–Kier alpha value is -1.84. The summed E-state index contributed by atoms with van der Waals surface area (Å²) in [7, 11) is -0.346. The van der Waals surface area contributed by atoms with Crippen LogP contribution in [0.25, 0.3) is 23.3 Å².